The SMILES string of the molecule is CCCC(=O)Nc1ccccc1S(=O)(=O)NC. The lowest BCUT2D eigenvalue weighted by Gasteiger charge is -2.10. The summed E-state index contributed by atoms with van der Waals surface area (Å²) in [5.74, 6) is -0.189. The molecule has 0 aromatic heterocycles. The van der Waals surface area contributed by atoms with E-state index in [1.54, 1.807) is 18.2 Å². The number of hydrogen-bond acceptors (Lipinski definition) is 3. The number of anilines is 1. The minimum Gasteiger partial charge on any atom is -0.325 e. The van der Waals surface area contributed by atoms with E-state index in [0.29, 0.717) is 18.5 Å². The van der Waals surface area contributed by atoms with Crippen molar-refractivity contribution in [3.05, 3.63) is 24.3 Å². The Labute approximate surface area is 101 Å². The van der Waals surface area contributed by atoms with Crippen molar-refractivity contribution in [2.75, 3.05) is 12.4 Å². The third kappa shape index (κ3) is 3.54. The minimum absolute atomic E-state index is 0.0759. The van der Waals surface area contributed by atoms with E-state index in [1.165, 1.54) is 13.1 Å². The van der Waals surface area contributed by atoms with Crippen molar-refractivity contribution in [1.82, 2.24) is 4.72 Å². The molecule has 0 aliphatic rings. The number of carbonyl (C=O) groups is 1. The summed E-state index contributed by atoms with van der Waals surface area (Å²) in [4.78, 5) is 11.5. The highest BCUT2D eigenvalue weighted by atomic mass is 32.2. The predicted octanol–water partition coefficient (Wildman–Crippen LogP) is 1.33. The lowest BCUT2D eigenvalue weighted by Crippen LogP contribution is -2.21. The highest BCUT2D eigenvalue weighted by molar-refractivity contribution is 7.89. The van der Waals surface area contributed by atoms with Gasteiger partial charge in [-0.05, 0) is 25.6 Å². The molecule has 0 atom stereocenters. The lowest BCUT2D eigenvalue weighted by atomic mass is 10.3. The molecular formula is C11H16N2O3S. The number of para-hydroxylation sites is 1. The summed E-state index contributed by atoms with van der Waals surface area (Å²) in [5, 5.41) is 2.59. The van der Waals surface area contributed by atoms with Gasteiger partial charge < -0.3 is 5.32 Å². The highest BCUT2D eigenvalue weighted by Crippen LogP contribution is 2.20. The van der Waals surface area contributed by atoms with Gasteiger partial charge in [-0.25, -0.2) is 13.1 Å². The van der Waals surface area contributed by atoms with E-state index in [2.05, 4.69) is 10.0 Å². The minimum atomic E-state index is -3.55. The van der Waals surface area contributed by atoms with Crippen molar-refractivity contribution in [3.63, 3.8) is 0 Å². The average molecular weight is 256 g/mol. The fourth-order valence-corrected chi connectivity index (χ4v) is 2.24. The maximum atomic E-state index is 11.7. The van der Waals surface area contributed by atoms with E-state index in [1.807, 2.05) is 6.92 Å². The second kappa shape index (κ2) is 5.79. The molecule has 94 valence electrons. The molecule has 0 spiro atoms. The first-order chi connectivity index (χ1) is 8.01. The van der Waals surface area contributed by atoms with Crippen LogP contribution in [-0.4, -0.2) is 21.4 Å². The number of hydrogen-bond donors (Lipinski definition) is 2. The van der Waals surface area contributed by atoms with E-state index in [9.17, 15) is 13.2 Å². The van der Waals surface area contributed by atoms with Gasteiger partial charge in [0.25, 0.3) is 0 Å². The van der Waals surface area contributed by atoms with Crippen LogP contribution < -0.4 is 10.0 Å². The molecule has 5 nitrogen and oxygen atoms in total. The molecule has 0 aliphatic carbocycles. The Balaban J connectivity index is 3.05. The molecule has 1 aromatic carbocycles. The summed E-state index contributed by atoms with van der Waals surface area (Å²) >= 11 is 0. The van der Waals surface area contributed by atoms with Gasteiger partial charge in [-0.3, -0.25) is 4.79 Å². The van der Waals surface area contributed by atoms with Gasteiger partial charge in [0.2, 0.25) is 15.9 Å². The maximum Gasteiger partial charge on any atom is 0.242 e. The highest BCUT2D eigenvalue weighted by Gasteiger charge is 2.16. The summed E-state index contributed by atoms with van der Waals surface area (Å²) in [6.45, 7) is 1.88. The van der Waals surface area contributed by atoms with Crippen molar-refractivity contribution in [2.24, 2.45) is 0 Å². The summed E-state index contributed by atoms with van der Waals surface area (Å²) in [6.07, 6.45) is 1.08. The van der Waals surface area contributed by atoms with Crippen LogP contribution in [0.5, 0.6) is 0 Å². The van der Waals surface area contributed by atoms with Crippen LogP contribution in [-0.2, 0) is 14.8 Å². The fraction of sp³-hybridized carbons (Fsp3) is 0.364. The van der Waals surface area contributed by atoms with Crippen LogP contribution >= 0.6 is 0 Å². The summed E-state index contributed by atoms with van der Waals surface area (Å²) in [6, 6.07) is 6.31. The predicted molar refractivity (Wildman–Crippen MR) is 66.2 cm³/mol. The average Bonchev–Trinajstić information content (AvgIpc) is 2.30. The van der Waals surface area contributed by atoms with Crippen molar-refractivity contribution >= 4 is 21.6 Å². The van der Waals surface area contributed by atoms with E-state index in [0.717, 1.165) is 0 Å². The molecule has 6 heteroatoms. The van der Waals surface area contributed by atoms with Gasteiger partial charge in [-0.1, -0.05) is 19.1 Å². The lowest BCUT2D eigenvalue weighted by molar-refractivity contribution is -0.116. The Morgan fingerprint density at radius 3 is 2.53 bits per heavy atom. The summed E-state index contributed by atoms with van der Waals surface area (Å²) in [5.41, 5.74) is 0.306. The first-order valence-electron chi connectivity index (χ1n) is 5.33. The second-order valence-corrected chi connectivity index (χ2v) is 5.36. The van der Waals surface area contributed by atoms with Crippen molar-refractivity contribution in [1.29, 1.82) is 0 Å². The van der Waals surface area contributed by atoms with Gasteiger partial charge in [-0.2, -0.15) is 0 Å². The first-order valence-corrected chi connectivity index (χ1v) is 6.82. The van der Waals surface area contributed by atoms with E-state index in [-0.39, 0.29) is 10.8 Å². The van der Waals surface area contributed by atoms with Gasteiger partial charge in [0.1, 0.15) is 4.90 Å². The van der Waals surface area contributed by atoms with Crippen molar-refractivity contribution in [3.8, 4) is 0 Å². The van der Waals surface area contributed by atoms with Crippen molar-refractivity contribution < 1.29 is 13.2 Å². The molecule has 17 heavy (non-hydrogen) atoms. The zero-order chi connectivity index (χ0) is 12.9. The number of rotatable bonds is 5. The Kier molecular flexibility index (Phi) is 4.65. The normalized spacial score (nSPS) is 11.2. The van der Waals surface area contributed by atoms with Crippen LogP contribution in [0.2, 0.25) is 0 Å². The van der Waals surface area contributed by atoms with Crippen LogP contribution in [0.15, 0.2) is 29.2 Å². The van der Waals surface area contributed by atoms with E-state index < -0.39 is 10.0 Å². The van der Waals surface area contributed by atoms with Gasteiger partial charge in [0, 0.05) is 6.42 Å². The van der Waals surface area contributed by atoms with E-state index >= 15 is 0 Å². The molecule has 1 aromatic rings. The standard InChI is InChI=1S/C11H16N2O3S/c1-3-6-11(14)13-9-7-4-5-8-10(9)17(15,16)12-2/h4-5,7-8,12H,3,6H2,1-2H3,(H,13,14). The maximum absolute atomic E-state index is 11.7. The Morgan fingerprint density at radius 2 is 1.94 bits per heavy atom. The summed E-state index contributed by atoms with van der Waals surface area (Å²) in [7, 11) is -2.22. The van der Waals surface area contributed by atoms with Crippen LogP contribution in [0, 0.1) is 0 Å². The zero-order valence-electron chi connectivity index (χ0n) is 9.86. The Morgan fingerprint density at radius 1 is 1.29 bits per heavy atom. The fourth-order valence-electron chi connectivity index (χ4n) is 1.35. The largest absolute Gasteiger partial charge is 0.325 e. The number of amides is 1. The van der Waals surface area contributed by atoms with E-state index in [4.69, 9.17) is 0 Å². The monoisotopic (exact) mass is 256 g/mol. The quantitative estimate of drug-likeness (QED) is 0.834. The Bertz CT molecular complexity index is 497. The third-order valence-corrected chi connectivity index (χ3v) is 3.67. The zero-order valence-corrected chi connectivity index (χ0v) is 10.7. The van der Waals surface area contributed by atoms with Gasteiger partial charge >= 0.3 is 0 Å². The van der Waals surface area contributed by atoms with Crippen LogP contribution in [0.3, 0.4) is 0 Å². The molecule has 0 unspecified atom stereocenters. The van der Waals surface area contributed by atoms with Crippen molar-refractivity contribution in [2.45, 2.75) is 24.7 Å². The van der Waals surface area contributed by atoms with Gasteiger partial charge in [0.15, 0.2) is 0 Å². The topological polar surface area (TPSA) is 75.3 Å². The molecule has 0 saturated heterocycles. The van der Waals surface area contributed by atoms with Crippen LogP contribution in [0.4, 0.5) is 5.69 Å². The number of nitrogens with one attached hydrogen (secondary N) is 2. The van der Waals surface area contributed by atoms with Crippen LogP contribution in [0.1, 0.15) is 19.8 Å². The third-order valence-electron chi connectivity index (χ3n) is 2.20. The van der Waals surface area contributed by atoms with Crippen LogP contribution in [0.25, 0.3) is 0 Å². The number of carbonyl (C=O) groups excluding carboxylic acids is 1. The molecule has 2 N–H and O–H groups in total. The van der Waals surface area contributed by atoms with Gasteiger partial charge in [0.05, 0.1) is 5.69 Å². The molecule has 0 heterocycles. The smallest absolute Gasteiger partial charge is 0.242 e. The molecule has 0 aliphatic heterocycles. The molecule has 0 bridgehead atoms. The second-order valence-electron chi connectivity index (χ2n) is 3.50. The number of benzene rings is 1. The molecule has 1 amide bonds. The Hall–Kier alpha value is -1.40. The molecular weight excluding hydrogens is 240 g/mol. The molecule has 1 rings (SSSR count). The summed E-state index contributed by atoms with van der Waals surface area (Å²) < 4.78 is 25.6. The van der Waals surface area contributed by atoms with Gasteiger partial charge in [-0.15, -0.1) is 0 Å². The number of sulfonamides is 1. The first kappa shape index (κ1) is 13.7. The molecule has 0 radical (unpaired) electrons. The molecule has 0 saturated carbocycles. The molecule has 0 fully saturated rings.